The van der Waals surface area contributed by atoms with Gasteiger partial charge in [-0.15, -0.1) is 0 Å². The summed E-state index contributed by atoms with van der Waals surface area (Å²) in [6.45, 7) is 0.436. The van der Waals surface area contributed by atoms with E-state index in [0.717, 1.165) is 16.9 Å². The van der Waals surface area contributed by atoms with Crippen LogP contribution in [0.1, 0.15) is 5.69 Å². The van der Waals surface area contributed by atoms with Gasteiger partial charge in [-0.3, -0.25) is 3.97 Å². The zero-order valence-corrected chi connectivity index (χ0v) is 9.62. The Morgan fingerprint density at radius 3 is 3.15 bits per heavy atom. The lowest BCUT2D eigenvalue weighted by molar-refractivity contribution is 0.985. The first kappa shape index (κ1) is 9.22. The fraction of sp³-hybridized carbons (Fsp3) is 0.143. The van der Waals surface area contributed by atoms with Crippen LogP contribution in [0.25, 0.3) is 11.2 Å². The van der Waals surface area contributed by atoms with Crippen molar-refractivity contribution >= 4 is 41.5 Å². The molecule has 2 heterocycles. The van der Waals surface area contributed by atoms with Crippen molar-refractivity contribution < 1.29 is 0 Å². The lowest BCUT2D eigenvalue weighted by Gasteiger charge is -1.97. The lowest BCUT2D eigenvalue weighted by atomic mass is 10.4. The Morgan fingerprint density at radius 2 is 2.46 bits per heavy atom. The van der Waals surface area contributed by atoms with E-state index in [0.29, 0.717) is 6.54 Å². The number of nitrogens with zero attached hydrogens (tertiary/aromatic N) is 3. The first-order chi connectivity index (χ1) is 6.35. The van der Waals surface area contributed by atoms with Gasteiger partial charge in [0.2, 0.25) is 0 Å². The van der Waals surface area contributed by atoms with Crippen molar-refractivity contribution in [3.63, 3.8) is 0 Å². The molecule has 0 aliphatic carbocycles. The molecule has 0 fully saturated rings. The first-order valence-corrected chi connectivity index (χ1v) is 6.99. The van der Waals surface area contributed by atoms with Gasteiger partial charge in [0.1, 0.15) is 5.52 Å². The molecule has 0 saturated carbocycles. The molecule has 0 aromatic carbocycles. The molecule has 0 aliphatic heterocycles. The SMILES string of the molecule is NCc1cnc2c(ccn2SI)n1. The zero-order valence-electron chi connectivity index (χ0n) is 6.64. The number of hydrogen-bond donors (Lipinski definition) is 1. The molecule has 2 rings (SSSR count). The Balaban J connectivity index is 2.61. The first-order valence-electron chi connectivity index (χ1n) is 3.67. The van der Waals surface area contributed by atoms with E-state index < -0.39 is 0 Å². The Bertz CT molecular complexity index is 427. The van der Waals surface area contributed by atoms with E-state index >= 15 is 0 Å². The second kappa shape index (κ2) is 3.81. The summed E-state index contributed by atoms with van der Waals surface area (Å²) in [5.74, 6) is 0. The summed E-state index contributed by atoms with van der Waals surface area (Å²) in [7, 11) is 1.57. The van der Waals surface area contributed by atoms with Crippen molar-refractivity contribution in [2.24, 2.45) is 5.73 Å². The zero-order chi connectivity index (χ0) is 9.26. The third-order valence-electron chi connectivity index (χ3n) is 1.69. The van der Waals surface area contributed by atoms with Gasteiger partial charge in [0.05, 0.1) is 11.9 Å². The van der Waals surface area contributed by atoms with Gasteiger partial charge in [-0.05, 0) is 6.07 Å². The van der Waals surface area contributed by atoms with Crippen LogP contribution in [0.15, 0.2) is 18.5 Å². The van der Waals surface area contributed by atoms with E-state index in [-0.39, 0.29) is 0 Å². The van der Waals surface area contributed by atoms with Crippen molar-refractivity contribution in [1.29, 1.82) is 0 Å². The van der Waals surface area contributed by atoms with Crippen LogP contribution < -0.4 is 5.73 Å². The molecule has 0 amide bonds. The Labute approximate surface area is 91.6 Å². The van der Waals surface area contributed by atoms with Crippen LogP contribution in [-0.4, -0.2) is 13.9 Å². The predicted octanol–water partition coefficient (Wildman–Crippen LogP) is 1.74. The van der Waals surface area contributed by atoms with Crippen molar-refractivity contribution in [3.8, 4) is 0 Å². The smallest absolute Gasteiger partial charge is 0.169 e. The van der Waals surface area contributed by atoms with E-state index in [4.69, 9.17) is 5.73 Å². The minimum Gasteiger partial charge on any atom is -0.325 e. The Kier molecular flexibility index (Phi) is 2.70. The van der Waals surface area contributed by atoms with Gasteiger partial charge < -0.3 is 5.73 Å². The molecule has 0 unspecified atom stereocenters. The van der Waals surface area contributed by atoms with E-state index in [1.165, 1.54) is 0 Å². The van der Waals surface area contributed by atoms with Crippen molar-refractivity contribution in [2.75, 3.05) is 0 Å². The lowest BCUT2D eigenvalue weighted by Crippen LogP contribution is -2.00. The van der Waals surface area contributed by atoms with Gasteiger partial charge in [0.15, 0.2) is 5.65 Å². The Hall–Kier alpha value is -0.340. The minimum absolute atomic E-state index is 0.436. The van der Waals surface area contributed by atoms with Gasteiger partial charge in [0.25, 0.3) is 0 Å². The fourth-order valence-corrected chi connectivity index (χ4v) is 2.35. The van der Waals surface area contributed by atoms with Crippen LogP contribution in [-0.2, 0) is 6.54 Å². The van der Waals surface area contributed by atoms with Crippen LogP contribution >= 0.6 is 30.3 Å². The number of nitrogens with two attached hydrogens (primary N) is 1. The number of fused-ring (bicyclic) bond motifs is 1. The summed E-state index contributed by atoms with van der Waals surface area (Å²) in [6, 6.07) is 1.94. The standard InChI is InChI=1S/C7H7IN4S/c8-13-12-2-1-6-7(12)10-4-5(3-9)11-6/h1-2,4H,3,9H2. The normalized spacial score (nSPS) is 10.9. The summed E-state index contributed by atoms with van der Waals surface area (Å²) >= 11 is 2.20. The summed E-state index contributed by atoms with van der Waals surface area (Å²) < 4.78 is 1.96. The maximum absolute atomic E-state index is 5.46. The third kappa shape index (κ3) is 1.65. The molecule has 68 valence electrons. The molecule has 0 bridgehead atoms. The van der Waals surface area contributed by atoms with Crippen LogP contribution in [0.4, 0.5) is 0 Å². The maximum Gasteiger partial charge on any atom is 0.169 e. The molecule has 2 aromatic rings. The maximum atomic E-state index is 5.46. The minimum atomic E-state index is 0.436. The largest absolute Gasteiger partial charge is 0.325 e. The van der Waals surface area contributed by atoms with Gasteiger partial charge >= 0.3 is 0 Å². The van der Waals surface area contributed by atoms with E-state index in [1.807, 2.05) is 16.2 Å². The predicted molar refractivity (Wildman–Crippen MR) is 62.4 cm³/mol. The average Bonchev–Trinajstić information content (AvgIpc) is 2.59. The molecule has 0 spiro atoms. The molecule has 0 saturated heterocycles. The van der Waals surface area contributed by atoms with Gasteiger partial charge in [-0.1, -0.05) is 0 Å². The third-order valence-corrected chi connectivity index (χ3v) is 3.41. The molecule has 0 radical (unpaired) electrons. The summed E-state index contributed by atoms with van der Waals surface area (Å²) in [5.41, 5.74) is 8.07. The molecular weight excluding hydrogens is 299 g/mol. The molecule has 2 aromatic heterocycles. The number of hydrogen-bond acceptors (Lipinski definition) is 4. The molecule has 2 N–H and O–H groups in total. The second-order valence-corrected chi connectivity index (χ2v) is 4.20. The summed E-state index contributed by atoms with van der Waals surface area (Å²) in [4.78, 5) is 8.61. The van der Waals surface area contributed by atoms with E-state index in [9.17, 15) is 0 Å². The molecule has 4 nitrogen and oxygen atoms in total. The average molecular weight is 306 g/mol. The Morgan fingerprint density at radius 1 is 1.62 bits per heavy atom. The highest BCUT2D eigenvalue weighted by Gasteiger charge is 2.03. The highest BCUT2D eigenvalue weighted by molar-refractivity contribution is 14.2. The van der Waals surface area contributed by atoms with Crippen LogP contribution in [0.2, 0.25) is 0 Å². The highest BCUT2D eigenvalue weighted by Crippen LogP contribution is 2.21. The quantitative estimate of drug-likeness (QED) is 0.859. The van der Waals surface area contributed by atoms with Crippen LogP contribution in [0.3, 0.4) is 0 Å². The topological polar surface area (TPSA) is 56.7 Å². The second-order valence-electron chi connectivity index (χ2n) is 2.48. The molecule has 6 heteroatoms. The molecule has 0 atom stereocenters. The van der Waals surface area contributed by atoms with Gasteiger partial charge in [0, 0.05) is 43.1 Å². The van der Waals surface area contributed by atoms with Gasteiger partial charge in [-0.25, -0.2) is 9.97 Å². The number of rotatable bonds is 2. The van der Waals surface area contributed by atoms with Crippen molar-refractivity contribution in [3.05, 3.63) is 24.2 Å². The van der Waals surface area contributed by atoms with Crippen molar-refractivity contribution in [2.45, 2.75) is 6.54 Å². The number of aromatic nitrogens is 3. The molecule has 13 heavy (non-hydrogen) atoms. The number of halogens is 1. The van der Waals surface area contributed by atoms with E-state index in [1.54, 1.807) is 15.3 Å². The van der Waals surface area contributed by atoms with E-state index in [2.05, 4.69) is 31.2 Å². The van der Waals surface area contributed by atoms with Gasteiger partial charge in [-0.2, -0.15) is 0 Å². The fourth-order valence-electron chi connectivity index (χ4n) is 1.08. The van der Waals surface area contributed by atoms with Crippen LogP contribution in [0, 0.1) is 0 Å². The summed E-state index contributed by atoms with van der Waals surface area (Å²) in [5, 5.41) is 0. The van der Waals surface area contributed by atoms with Crippen molar-refractivity contribution in [1.82, 2.24) is 13.9 Å². The molecular formula is C7H7IN4S. The summed E-state index contributed by atoms with van der Waals surface area (Å²) in [6.07, 6.45) is 3.66. The monoisotopic (exact) mass is 306 g/mol. The molecule has 0 aliphatic rings. The van der Waals surface area contributed by atoms with Crippen LogP contribution in [0.5, 0.6) is 0 Å². The highest BCUT2D eigenvalue weighted by atomic mass is 127.